The number of rotatable bonds is 6. The fourth-order valence-electron chi connectivity index (χ4n) is 3.87. The number of hydrogen-bond acceptors (Lipinski definition) is 4. The molecule has 1 heterocycles. The number of anilines is 1. The second kappa shape index (κ2) is 8.68. The third-order valence-corrected chi connectivity index (χ3v) is 5.48. The van der Waals surface area contributed by atoms with Gasteiger partial charge in [-0.05, 0) is 30.5 Å². The van der Waals surface area contributed by atoms with Crippen molar-refractivity contribution in [2.45, 2.75) is 31.7 Å². The van der Waals surface area contributed by atoms with Gasteiger partial charge in [0.05, 0.1) is 19.3 Å². The van der Waals surface area contributed by atoms with E-state index in [0.29, 0.717) is 6.54 Å². The maximum absolute atomic E-state index is 12.4. The molecule has 5 heteroatoms. The Hall–Kier alpha value is -1.59. The third kappa shape index (κ3) is 4.73. The molecule has 1 atom stereocenters. The number of ether oxygens (including phenoxy) is 1. The molecule has 2 aliphatic rings. The van der Waals surface area contributed by atoms with Crippen LogP contribution in [-0.2, 0) is 9.53 Å². The van der Waals surface area contributed by atoms with Gasteiger partial charge >= 0.3 is 0 Å². The first-order valence-electron chi connectivity index (χ1n) is 9.52. The highest BCUT2D eigenvalue weighted by molar-refractivity contribution is 5.78. The van der Waals surface area contributed by atoms with Crippen molar-refractivity contribution in [2.24, 2.45) is 5.92 Å². The molecule has 1 saturated carbocycles. The molecule has 1 N–H and O–H groups in total. The van der Waals surface area contributed by atoms with Gasteiger partial charge in [0.25, 0.3) is 0 Å². The van der Waals surface area contributed by atoms with Crippen LogP contribution in [0.5, 0.6) is 0 Å². The summed E-state index contributed by atoms with van der Waals surface area (Å²) in [5, 5.41) is 3.23. The van der Waals surface area contributed by atoms with Crippen molar-refractivity contribution in [3.05, 3.63) is 29.8 Å². The second-order valence-corrected chi connectivity index (χ2v) is 7.38. The summed E-state index contributed by atoms with van der Waals surface area (Å²) in [6.07, 6.45) is 4.48. The van der Waals surface area contributed by atoms with Crippen molar-refractivity contribution < 1.29 is 9.53 Å². The lowest BCUT2D eigenvalue weighted by Crippen LogP contribution is -2.44. The summed E-state index contributed by atoms with van der Waals surface area (Å²) in [6, 6.07) is 8.91. The molecule has 1 saturated heterocycles. The van der Waals surface area contributed by atoms with Crippen molar-refractivity contribution in [3.8, 4) is 0 Å². The van der Waals surface area contributed by atoms with Crippen molar-refractivity contribution in [1.29, 1.82) is 0 Å². The minimum Gasteiger partial charge on any atom is -0.379 e. The first kappa shape index (κ1) is 18.2. The Labute approximate surface area is 151 Å². The Morgan fingerprint density at radius 3 is 2.44 bits per heavy atom. The number of nitrogens with zero attached hydrogens (tertiary/aromatic N) is 2. The molecule has 138 valence electrons. The molecular weight excluding hydrogens is 314 g/mol. The molecule has 1 aliphatic heterocycles. The zero-order valence-corrected chi connectivity index (χ0v) is 15.5. The first-order chi connectivity index (χ1) is 12.1. The van der Waals surface area contributed by atoms with Crippen molar-refractivity contribution >= 4 is 11.6 Å². The fourth-order valence-corrected chi connectivity index (χ4v) is 3.87. The van der Waals surface area contributed by atoms with Gasteiger partial charge in [0.15, 0.2) is 0 Å². The van der Waals surface area contributed by atoms with Gasteiger partial charge in [-0.15, -0.1) is 0 Å². The van der Waals surface area contributed by atoms with Gasteiger partial charge in [0.2, 0.25) is 5.91 Å². The molecule has 5 nitrogen and oxygen atoms in total. The van der Waals surface area contributed by atoms with E-state index in [9.17, 15) is 4.79 Å². The lowest BCUT2D eigenvalue weighted by atomic mass is 10.0. The maximum atomic E-state index is 12.4. The van der Waals surface area contributed by atoms with E-state index in [1.807, 2.05) is 0 Å². The van der Waals surface area contributed by atoms with Crippen LogP contribution in [0.4, 0.5) is 5.69 Å². The zero-order chi connectivity index (χ0) is 17.6. The Kier molecular flexibility index (Phi) is 6.32. The molecule has 1 aliphatic carbocycles. The average molecular weight is 345 g/mol. The van der Waals surface area contributed by atoms with Crippen molar-refractivity contribution in [1.82, 2.24) is 10.2 Å². The molecule has 0 unspecified atom stereocenters. The van der Waals surface area contributed by atoms with Gasteiger partial charge in [0.1, 0.15) is 0 Å². The highest BCUT2D eigenvalue weighted by Crippen LogP contribution is 2.26. The van der Waals surface area contributed by atoms with Crippen molar-refractivity contribution in [3.63, 3.8) is 0 Å². The zero-order valence-electron chi connectivity index (χ0n) is 15.5. The topological polar surface area (TPSA) is 44.8 Å². The number of amides is 1. The minimum absolute atomic E-state index is 0.213. The third-order valence-electron chi connectivity index (χ3n) is 5.48. The van der Waals surface area contributed by atoms with E-state index in [1.54, 1.807) is 0 Å². The summed E-state index contributed by atoms with van der Waals surface area (Å²) in [4.78, 5) is 17.0. The highest BCUT2D eigenvalue weighted by Gasteiger charge is 2.26. The Morgan fingerprint density at radius 1 is 1.20 bits per heavy atom. The molecule has 0 spiro atoms. The van der Waals surface area contributed by atoms with Crippen LogP contribution < -0.4 is 10.2 Å². The number of carbonyl (C=O) groups excluding carboxylic acids is 1. The van der Waals surface area contributed by atoms with Crippen LogP contribution in [0, 0.1) is 5.92 Å². The Balaban J connectivity index is 1.68. The van der Waals surface area contributed by atoms with Gasteiger partial charge in [-0.3, -0.25) is 9.69 Å². The van der Waals surface area contributed by atoms with Gasteiger partial charge in [0, 0.05) is 45.3 Å². The van der Waals surface area contributed by atoms with E-state index >= 15 is 0 Å². The summed E-state index contributed by atoms with van der Waals surface area (Å²) in [5.74, 6) is 0.460. The minimum atomic E-state index is 0.213. The van der Waals surface area contributed by atoms with E-state index in [-0.39, 0.29) is 17.9 Å². The lowest BCUT2D eigenvalue weighted by Gasteiger charge is -2.35. The molecule has 1 aromatic carbocycles. The average Bonchev–Trinajstić information content (AvgIpc) is 3.18. The predicted octanol–water partition coefficient (Wildman–Crippen LogP) is 2.43. The molecule has 25 heavy (non-hydrogen) atoms. The van der Waals surface area contributed by atoms with E-state index in [0.717, 1.165) is 39.1 Å². The number of morpholine rings is 1. The van der Waals surface area contributed by atoms with Crippen LogP contribution in [-0.4, -0.2) is 57.8 Å². The van der Waals surface area contributed by atoms with E-state index in [1.165, 1.54) is 24.1 Å². The van der Waals surface area contributed by atoms with Crippen molar-refractivity contribution in [2.75, 3.05) is 51.8 Å². The Morgan fingerprint density at radius 2 is 1.84 bits per heavy atom. The molecule has 1 aromatic rings. The normalized spacial score (nSPS) is 20.4. The number of carbonyl (C=O) groups is 1. The number of benzene rings is 1. The predicted molar refractivity (Wildman–Crippen MR) is 101 cm³/mol. The molecule has 0 bridgehead atoms. The number of hydrogen-bond donors (Lipinski definition) is 1. The summed E-state index contributed by atoms with van der Waals surface area (Å²) in [5.41, 5.74) is 2.46. The van der Waals surface area contributed by atoms with Crippen LogP contribution in [0.2, 0.25) is 0 Å². The van der Waals surface area contributed by atoms with Gasteiger partial charge in [-0.25, -0.2) is 0 Å². The summed E-state index contributed by atoms with van der Waals surface area (Å²) < 4.78 is 5.51. The molecule has 0 aromatic heterocycles. The monoisotopic (exact) mass is 345 g/mol. The fraction of sp³-hybridized carbons (Fsp3) is 0.650. The quantitative estimate of drug-likeness (QED) is 0.860. The molecule has 3 rings (SSSR count). The van der Waals surface area contributed by atoms with Crippen LogP contribution in [0.15, 0.2) is 24.3 Å². The smallest absolute Gasteiger partial charge is 0.223 e. The molecule has 0 radical (unpaired) electrons. The van der Waals surface area contributed by atoms with Gasteiger partial charge in [-0.2, -0.15) is 0 Å². The van der Waals surface area contributed by atoms with Gasteiger partial charge < -0.3 is 15.0 Å². The van der Waals surface area contributed by atoms with Crippen LogP contribution in [0.3, 0.4) is 0 Å². The highest BCUT2D eigenvalue weighted by atomic mass is 16.5. The van der Waals surface area contributed by atoms with Crippen LogP contribution in [0.1, 0.15) is 37.3 Å². The first-order valence-corrected chi connectivity index (χ1v) is 9.52. The molecular formula is C20H31N3O2. The lowest BCUT2D eigenvalue weighted by molar-refractivity contribution is -0.125. The van der Waals surface area contributed by atoms with E-state index in [4.69, 9.17) is 4.74 Å². The SMILES string of the molecule is CN(C)c1ccc([C@@H](CNC(=O)C2CCCC2)N2CCOCC2)cc1. The second-order valence-electron chi connectivity index (χ2n) is 7.38. The maximum Gasteiger partial charge on any atom is 0.223 e. The van der Waals surface area contributed by atoms with Crippen LogP contribution >= 0.6 is 0 Å². The van der Waals surface area contributed by atoms with E-state index < -0.39 is 0 Å². The standard InChI is InChI=1S/C20H31N3O2/c1-22(2)18-9-7-16(8-10-18)19(23-11-13-25-14-12-23)15-21-20(24)17-5-3-4-6-17/h7-10,17,19H,3-6,11-15H2,1-2H3,(H,21,24)/t19-/m1/s1. The number of nitrogens with one attached hydrogen (secondary N) is 1. The molecule has 1 amide bonds. The van der Waals surface area contributed by atoms with Crippen LogP contribution in [0.25, 0.3) is 0 Å². The molecule has 2 fully saturated rings. The summed E-state index contributed by atoms with van der Waals surface area (Å²) >= 11 is 0. The summed E-state index contributed by atoms with van der Waals surface area (Å²) in [7, 11) is 4.10. The Bertz CT molecular complexity index is 547. The summed E-state index contributed by atoms with van der Waals surface area (Å²) in [6.45, 7) is 4.04. The van der Waals surface area contributed by atoms with E-state index in [2.05, 4.69) is 53.5 Å². The largest absolute Gasteiger partial charge is 0.379 e. The van der Waals surface area contributed by atoms with Gasteiger partial charge in [-0.1, -0.05) is 25.0 Å².